The zero-order chi connectivity index (χ0) is 8.97. The van der Waals surface area contributed by atoms with E-state index in [9.17, 15) is 4.91 Å². The predicted molar refractivity (Wildman–Crippen MR) is 44.3 cm³/mol. The molecule has 0 aromatic carbocycles. The highest BCUT2D eigenvalue weighted by Gasteiger charge is 2.27. The van der Waals surface area contributed by atoms with E-state index in [0.29, 0.717) is 19.3 Å². The summed E-state index contributed by atoms with van der Waals surface area (Å²) in [6.45, 7) is 0. The van der Waals surface area contributed by atoms with E-state index in [2.05, 4.69) is 15.2 Å². The van der Waals surface area contributed by atoms with Gasteiger partial charge in [0.25, 0.3) is 0 Å². The van der Waals surface area contributed by atoms with Crippen LogP contribution < -0.4 is 5.73 Å². The van der Waals surface area contributed by atoms with E-state index < -0.39 is 0 Å². The lowest BCUT2D eigenvalue weighted by Gasteiger charge is -2.26. The van der Waals surface area contributed by atoms with Crippen LogP contribution in [0, 0.1) is 4.91 Å². The molecular weight excluding hydrogens is 158 g/mol. The van der Waals surface area contributed by atoms with Gasteiger partial charge >= 0.3 is 0 Å². The first-order valence-electron chi connectivity index (χ1n) is 3.90. The van der Waals surface area contributed by atoms with Crippen molar-refractivity contribution >= 4 is 0 Å². The lowest BCUT2D eigenvalue weighted by molar-refractivity contribution is 0.347. The molecule has 0 radical (unpaired) electrons. The Balaban J connectivity index is 2.50. The van der Waals surface area contributed by atoms with Crippen LogP contribution >= 0.6 is 0 Å². The zero-order valence-electron chi connectivity index (χ0n) is 6.63. The molecule has 1 fully saturated rings. The summed E-state index contributed by atoms with van der Waals surface area (Å²) >= 11 is 0. The molecule has 6 nitrogen and oxygen atoms in total. The van der Waals surface area contributed by atoms with Crippen LogP contribution in [0.4, 0.5) is 0 Å². The smallest absolute Gasteiger partial charge is 0.107 e. The Morgan fingerprint density at radius 1 is 1.50 bits per heavy atom. The molecule has 1 rings (SSSR count). The molecule has 0 bridgehead atoms. The second-order valence-electron chi connectivity index (χ2n) is 3.01. The van der Waals surface area contributed by atoms with Crippen LogP contribution in [0.25, 0.3) is 10.4 Å². The number of nitrogens with two attached hydrogens (primary N) is 1. The first-order chi connectivity index (χ1) is 5.77. The monoisotopic (exact) mass is 169 g/mol. The largest absolute Gasteiger partial charge is 0.326 e. The fourth-order valence-corrected chi connectivity index (χ4v) is 1.48. The van der Waals surface area contributed by atoms with Gasteiger partial charge in [-0.15, -0.1) is 0 Å². The Hall–Kier alpha value is -1.13. The van der Waals surface area contributed by atoms with Crippen molar-refractivity contribution in [2.24, 2.45) is 16.0 Å². The highest BCUT2D eigenvalue weighted by atomic mass is 16.3. The van der Waals surface area contributed by atoms with E-state index in [0.717, 1.165) is 0 Å². The molecule has 0 amide bonds. The molecule has 2 unspecified atom stereocenters. The Morgan fingerprint density at radius 2 is 2.25 bits per heavy atom. The van der Waals surface area contributed by atoms with Crippen LogP contribution in [0.15, 0.2) is 10.3 Å². The van der Waals surface area contributed by atoms with Gasteiger partial charge in [0.1, 0.15) is 6.04 Å². The van der Waals surface area contributed by atoms with Crippen molar-refractivity contribution in [2.75, 3.05) is 0 Å². The minimum atomic E-state index is -0.296. The number of nitrogens with zero attached hydrogens (tertiary/aromatic N) is 4. The van der Waals surface area contributed by atoms with Crippen LogP contribution in [0.1, 0.15) is 19.3 Å². The van der Waals surface area contributed by atoms with Gasteiger partial charge in [0, 0.05) is 17.0 Å². The topological polar surface area (TPSA) is 104 Å². The van der Waals surface area contributed by atoms with E-state index in [-0.39, 0.29) is 18.1 Å². The lowest BCUT2D eigenvalue weighted by Crippen LogP contribution is -2.40. The Bertz CT molecular complexity index is 212. The average molecular weight is 169 g/mol. The van der Waals surface area contributed by atoms with E-state index in [1.165, 1.54) is 0 Å². The summed E-state index contributed by atoms with van der Waals surface area (Å²) in [4.78, 5) is 12.9. The molecule has 0 heterocycles. The van der Waals surface area contributed by atoms with Crippen LogP contribution in [-0.2, 0) is 0 Å². The first-order valence-corrected chi connectivity index (χ1v) is 3.90. The summed E-state index contributed by atoms with van der Waals surface area (Å²) in [6.07, 6.45) is 1.92. The molecule has 66 valence electrons. The van der Waals surface area contributed by atoms with Gasteiger partial charge in [-0.3, -0.25) is 0 Å². The van der Waals surface area contributed by atoms with Gasteiger partial charge in [-0.1, -0.05) is 10.3 Å². The summed E-state index contributed by atoms with van der Waals surface area (Å²) < 4.78 is 0. The van der Waals surface area contributed by atoms with Gasteiger partial charge in [0.05, 0.1) is 0 Å². The van der Waals surface area contributed by atoms with Crippen molar-refractivity contribution in [3.63, 3.8) is 0 Å². The minimum absolute atomic E-state index is 0.0528. The fourth-order valence-electron chi connectivity index (χ4n) is 1.48. The van der Waals surface area contributed by atoms with Crippen LogP contribution in [0.2, 0.25) is 0 Å². The highest BCUT2D eigenvalue weighted by molar-refractivity contribution is 4.90. The molecule has 0 aliphatic heterocycles. The Morgan fingerprint density at radius 3 is 2.75 bits per heavy atom. The molecule has 12 heavy (non-hydrogen) atoms. The van der Waals surface area contributed by atoms with Crippen molar-refractivity contribution < 1.29 is 0 Å². The molecule has 0 saturated heterocycles. The van der Waals surface area contributed by atoms with E-state index in [1.807, 2.05) is 0 Å². The second-order valence-corrected chi connectivity index (χ2v) is 3.01. The number of rotatable bonds is 2. The number of hydrogen-bond acceptors (Lipinski definition) is 4. The molecule has 0 aromatic rings. The van der Waals surface area contributed by atoms with Gasteiger partial charge in [0.15, 0.2) is 0 Å². The van der Waals surface area contributed by atoms with Crippen LogP contribution in [0.5, 0.6) is 0 Å². The van der Waals surface area contributed by atoms with Gasteiger partial charge in [0.2, 0.25) is 0 Å². The fraction of sp³-hybridized carbons (Fsp3) is 1.00. The normalized spacial score (nSPS) is 35.2. The van der Waals surface area contributed by atoms with Gasteiger partial charge < -0.3 is 5.73 Å². The van der Waals surface area contributed by atoms with Crippen molar-refractivity contribution in [3.8, 4) is 0 Å². The maximum absolute atomic E-state index is 10.2. The second kappa shape index (κ2) is 4.04. The van der Waals surface area contributed by atoms with Crippen molar-refractivity contribution in [1.29, 1.82) is 0 Å². The number of nitroso groups, excluding NO2 is 1. The number of azide groups is 1. The summed E-state index contributed by atoms with van der Waals surface area (Å²) in [6, 6.07) is -0.593. The van der Waals surface area contributed by atoms with Gasteiger partial charge in [-0.25, -0.2) is 0 Å². The summed E-state index contributed by atoms with van der Waals surface area (Å²) in [5.41, 5.74) is 13.8. The third-order valence-corrected chi connectivity index (χ3v) is 2.18. The van der Waals surface area contributed by atoms with Crippen molar-refractivity contribution in [2.45, 2.75) is 37.4 Å². The molecule has 1 saturated carbocycles. The maximum Gasteiger partial charge on any atom is 0.107 e. The molecular formula is C6H11N5O. The molecule has 3 atom stereocenters. The quantitative estimate of drug-likeness (QED) is 0.291. The predicted octanol–water partition coefficient (Wildman–Crippen LogP) is 1.31. The van der Waals surface area contributed by atoms with E-state index in [4.69, 9.17) is 11.3 Å². The van der Waals surface area contributed by atoms with Gasteiger partial charge in [-0.2, -0.15) is 4.91 Å². The van der Waals surface area contributed by atoms with Crippen LogP contribution in [0.3, 0.4) is 0 Å². The molecule has 0 spiro atoms. The van der Waals surface area contributed by atoms with Gasteiger partial charge in [-0.05, 0) is 24.8 Å². The standard InChI is InChI=1S/C6H11N5O/c7-5-3-4(9-11-8)1-2-6(5)10-12/h4-6H,1-3,7H2/t4-,5?,6?/m1/s1. The molecule has 1 aliphatic rings. The molecule has 1 aliphatic carbocycles. The summed E-state index contributed by atoms with van der Waals surface area (Å²) in [5, 5.41) is 6.47. The van der Waals surface area contributed by atoms with E-state index in [1.54, 1.807) is 0 Å². The minimum Gasteiger partial charge on any atom is -0.326 e. The van der Waals surface area contributed by atoms with E-state index >= 15 is 0 Å². The SMILES string of the molecule is [N-]=[N+]=N[C@@H]1CCC(N=O)C(N)C1. The molecule has 2 N–H and O–H groups in total. The first kappa shape index (κ1) is 8.96. The Kier molecular flexibility index (Phi) is 3.01. The average Bonchev–Trinajstić information content (AvgIpc) is 2.05. The highest BCUT2D eigenvalue weighted by Crippen LogP contribution is 2.22. The third kappa shape index (κ3) is 1.93. The Labute approximate surface area is 69.7 Å². The summed E-state index contributed by atoms with van der Waals surface area (Å²) in [5.74, 6) is 0. The molecule has 0 aromatic heterocycles. The van der Waals surface area contributed by atoms with Crippen molar-refractivity contribution in [1.82, 2.24) is 0 Å². The van der Waals surface area contributed by atoms with Crippen LogP contribution in [-0.4, -0.2) is 18.1 Å². The third-order valence-electron chi connectivity index (χ3n) is 2.18. The number of hydrogen-bond donors (Lipinski definition) is 1. The van der Waals surface area contributed by atoms with Crippen molar-refractivity contribution in [3.05, 3.63) is 15.3 Å². The molecule has 6 heteroatoms. The summed E-state index contributed by atoms with van der Waals surface area (Å²) in [7, 11) is 0. The maximum atomic E-state index is 10.2. The zero-order valence-corrected chi connectivity index (χ0v) is 6.63. The lowest BCUT2D eigenvalue weighted by atomic mass is 9.88.